The predicted octanol–water partition coefficient (Wildman–Crippen LogP) is 4.56. The zero-order chi connectivity index (χ0) is 13.0. The smallest absolute Gasteiger partial charge is 0.244 e. The summed E-state index contributed by atoms with van der Waals surface area (Å²) < 4.78 is 1.83. The van der Waals surface area contributed by atoms with Crippen LogP contribution in [0.1, 0.15) is 18.9 Å². The number of carbonyl (C=O) groups excluding carboxylic acids is 1. The third-order valence-electron chi connectivity index (χ3n) is 2.23. The summed E-state index contributed by atoms with van der Waals surface area (Å²) in [6.07, 6.45) is 2.92. The highest BCUT2D eigenvalue weighted by atomic mass is 79.9. The highest BCUT2D eigenvalue weighted by Gasteiger charge is 2.22. The molecule has 18 heavy (non-hydrogen) atoms. The molecule has 0 radical (unpaired) electrons. The molecule has 0 N–H and O–H groups in total. The fourth-order valence-corrected chi connectivity index (χ4v) is 3.55. The van der Waals surface area contributed by atoms with Gasteiger partial charge in [-0.2, -0.15) is 0 Å². The molecule has 0 fully saturated rings. The van der Waals surface area contributed by atoms with Crippen molar-refractivity contribution in [3.05, 3.63) is 40.0 Å². The summed E-state index contributed by atoms with van der Waals surface area (Å²) in [5.41, 5.74) is 1.51. The first-order chi connectivity index (χ1) is 8.70. The molecule has 0 spiro atoms. The molecule has 0 bridgehead atoms. The number of hydrogen-bond donors (Lipinski definition) is 0. The Morgan fingerprint density at radius 2 is 2.22 bits per heavy atom. The van der Waals surface area contributed by atoms with E-state index in [1.54, 1.807) is 11.8 Å². The first-order valence-electron chi connectivity index (χ1n) is 5.60. The van der Waals surface area contributed by atoms with E-state index in [1.807, 2.05) is 30.3 Å². The lowest BCUT2D eigenvalue weighted by Crippen LogP contribution is -1.88. The summed E-state index contributed by atoms with van der Waals surface area (Å²) in [5, 5.41) is 0.0318. The standard InChI is InChI=1S/C13H12BrNOS2/c1-2-7-17-13-15-11(12(16)18-13)8-9-5-3-4-6-10(9)14/h3-6,8H,2,7H2,1H3. The van der Waals surface area contributed by atoms with Crippen molar-refractivity contribution in [2.24, 2.45) is 4.99 Å². The van der Waals surface area contributed by atoms with E-state index < -0.39 is 0 Å². The van der Waals surface area contributed by atoms with Crippen LogP contribution in [0.25, 0.3) is 6.08 Å². The van der Waals surface area contributed by atoms with Crippen molar-refractivity contribution in [1.82, 2.24) is 0 Å². The second-order valence-corrected chi connectivity index (χ2v) is 6.82. The van der Waals surface area contributed by atoms with Crippen LogP contribution in [-0.4, -0.2) is 15.2 Å². The second kappa shape index (κ2) is 6.59. The summed E-state index contributed by atoms with van der Waals surface area (Å²) in [4.78, 5) is 16.2. The van der Waals surface area contributed by atoms with Gasteiger partial charge in [-0.05, 0) is 41.6 Å². The molecule has 0 unspecified atom stereocenters. The number of carbonyl (C=O) groups is 1. The first kappa shape index (κ1) is 13.9. The number of nitrogens with zero attached hydrogens (tertiary/aromatic N) is 1. The number of benzene rings is 1. The molecular formula is C13H12BrNOS2. The van der Waals surface area contributed by atoms with Crippen LogP contribution in [0, 0.1) is 0 Å². The number of thioether (sulfide) groups is 2. The van der Waals surface area contributed by atoms with Gasteiger partial charge in [-0.3, -0.25) is 4.79 Å². The van der Waals surface area contributed by atoms with Crippen LogP contribution < -0.4 is 0 Å². The quantitative estimate of drug-likeness (QED) is 0.754. The summed E-state index contributed by atoms with van der Waals surface area (Å²) in [6.45, 7) is 2.12. The maximum absolute atomic E-state index is 11.8. The average Bonchev–Trinajstić information content (AvgIpc) is 2.70. The Balaban J connectivity index is 2.20. The Kier molecular flexibility index (Phi) is 5.09. The molecule has 0 amide bonds. The van der Waals surface area contributed by atoms with Crippen molar-refractivity contribution in [2.75, 3.05) is 5.75 Å². The molecule has 1 aromatic carbocycles. The molecule has 1 heterocycles. The lowest BCUT2D eigenvalue weighted by atomic mass is 10.2. The molecule has 1 aliphatic rings. The van der Waals surface area contributed by atoms with Gasteiger partial charge in [0.15, 0.2) is 0 Å². The molecular weight excluding hydrogens is 330 g/mol. The third kappa shape index (κ3) is 3.49. The summed E-state index contributed by atoms with van der Waals surface area (Å²) in [7, 11) is 0. The molecule has 0 saturated heterocycles. The minimum Gasteiger partial charge on any atom is -0.279 e. The van der Waals surface area contributed by atoms with E-state index in [1.165, 1.54) is 11.8 Å². The van der Waals surface area contributed by atoms with Gasteiger partial charge in [0.25, 0.3) is 0 Å². The Morgan fingerprint density at radius 3 is 2.94 bits per heavy atom. The maximum Gasteiger partial charge on any atom is 0.244 e. The van der Waals surface area contributed by atoms with E-state index in [9.17, 15) is 4.79 Å². The summed E-state index contributed by atoms with van der Waals surface area (Å²) in [5.74, 6) is 1.00. The fourth-order valence-electron chi connectivity index (χ4n) is 1.38. The van der Waals surface area contributed by atoms with Gasteiger partial charge in [0, 0.05) is 4.47 Å². The van der Waals surface area contributed by atoms with Gasteiger partial charge in [-0.1, -0.05) is 52.8 Å². The van der Waals surface area contributed by atoms with E-state index >= 15 is 0 Å². The number of rotatable bonds is 3. The molecule has 2 nitrogen and oxygen atoms in total. The van der Waals surface area contributed by atoms with Crippen LogP contribution in [0.4, 0.5) is 0 Å². The Labute approximate surface area is 123 Å². The van der Waals surface area contributed by atoms with E-state index in [0.29, 0.717) is 5.70 Å². The number of aliphatic imine (C=N–C) groups is 1. The van der Waals surface area contributed by atoms with Gasteiger partial charge in [-0.15, -0.1) is 0 Å². The molecule has 0 aliphatic carbocycles. The molecule has 2 rings (SSSR count). The van der Waals surface area contributed by atoms with Crippen LogP contribution in [0.15, 0.2) is 39.4 Å². The Hall–Kier alpha value is -0.520. The zero-order valence-corrected chi connectivity index (χ0v) is 13.1. The Bertz CT molecular complexity index is 525. The lowest BCUT2D eigenvalue weighted by Gasteiger charge is -1.97. The maximum atomic E-state index is 11.8. The molecule has 1 aromatic rings. The van der Waals surface area contributed by atoms with Crippen LogP contribution in [0.5, 0.6) is 0 Å². The van der Waals surface area contributed by atoms with Crippen LogP contribution in [0.2, 0.25) is 0 Å². The monoisotopic (exact) mass is 341 g/mol. The lowest BCUT2D eigenvalue weighted by molar-refractivity contribution is -0.107. The van der Waals surface area contributed by atoms with E-state index in [0.717, 1.165) is 26.6 Å². The molecule has 94 valence electrons. The molecule has 0 saturated carbocycles. The topological polar surface area (TPSA) is 29.4 Å². The first-order valence-corrected chi connectivity index (χ1v) is 8.20. The van der Waals surface area contributed by atoms with Gasteiger partial charge in [-0.25, -0.2) is 4.99 Å². The van der Waals surface area contributed by atoms with Crippen LogP contribution >= 0.6 is 39.5 Å². The average molecular weight is 342 g/mol. The van der Waals surface area contributed by atoms with Gasteiger partial charge in [0.05, 0.1) is 0 Å². The van der Waals surface area contributed by atoms with Gasteiger partial charge in [0.2, 0.25) is 5.12 Å². The zero-order valence-electron chi connectivity index (χ0n) is 9.85. The SMILES string of the molecule is CCCSC1=NC(=Cc2ccccc2Br)C(=O)S1. The fraction of sp³-hybridized carbons (Fsp3) is 0.231. The van der Waals surface area contributed by atoms with Crippen molar-refractivity contribution < 1.29 is 4.79 Å². The molecule has 0 aromatic heterocycles. The molecule has 5 heteroatoms. The number of hydrogen-bond acceptors (Lipinski definition) is 4. The van der Waals surface area contributed by atoms with E-state index in [2.05, 4.69) is 27.8 Å². The van der Waals surface area contributed by atoms with Crippen LogP contribution in [-0.2, 0) is 4.79 Å². The second-order valence-electron chi connectivity index (χ2n) is 3.67. The van der Waals surface area contributed by atoms with E-state index in [-0.39, 0.29) is 5.12 Å². The highest BCUT2D eigenvalue weighted by molar-refractivity contribution is 9.10. The normalized spacial score (nSPS) is 17.3. The summed E-state index contributed by atoms with van der Waals surface area (Å²) >= 11 is 6.34. The van der Waals surface area contributed by atoms with Crippen LogP contribution in [0.3, 0.4) is 0 Å². The predicted molar refractivity (Wildman–Crippen MR) is 84.9 cm³/mol. The largest absolute Gasteiger partial charge is 0.279 e. The van der Waals surface area contributed by atoms with Crippen molar-refractivity contribution in [3.8, 4) is 0 Å². The summed E-state index contributed by atoms with van der Waals surface area (Å²) in [6, 6.07) is 7.81. The van der Waals surface area contributed by atoms with Gasteiger partial charge in [0.1, 0.15) is 10.1 Å². The number of halogens is 1. The van der Waals surface area contributed by atoms with Crippen molar-refractivity contribution >= 4 is 55.0 Å². The minimum atomic E-state index is 0.0318. The minimum absolute atomic E-state index is 0.0318. The van der Waals surface area contributed by atoms with Crippen molar-refractivity contribution in [2.45, 2.75) is 13.3 Å². The Morgan fingerprint density at radius 1 is 1.44 bits per heavy atom. The van der Waals surface area contributed by atoms with Gasteiger partial charge < -0.3 is 0 Å². The van der Waals surface area contributed by atoms with Crippen molar-refractivity contribution in [3.63, 3.8) is 0 Å². The molecule has 0 atom stereocenters. The molecule has 1 aliphatic heterocycles. The van der Waals surface area contributed by atoms with Crippen molar-refractivity contribution in [1.29, 1.82) is 0 Å². The highest BCUT2D eigenvalue weighted by Crippen LogP contribution is 2.32. The van der Waals surface area contributed by atoms with E-state index in [4.69, 9.17) is 0 Å². The van der Waals surface area contributed by atoms with Gasteiger partial charge >= 0.3 is 0 Å². The third-order valence-corrected chi connectivity index (χ3v) is 5.16.